The van der Waals surface area contributed by atoms with E-state index in [1.54, 1.807) is 0 Å². The van der Waals surface area contributed by atoms with E-state index in [2.05, 4.69) is 10.4 Å². The summed E-state index contributed by atoms with van der Waals surface area (Å²) in [5.41, 5.74) is -0.479. The van der Waals surface area contributed by atoms with Gasteiger partial charge in [-0.15, -0.1) is 0 Å². The molecule has 1 fully saturated rings. The molecule has 0 amide bonds. The van der Waals surface area contributed by atoms with Gasteiger partial charge in [0.2, 0.25) is 0 Å². The predicted molar refractivity (Wildman–Crippen MR) is 56.4 cm³/mol. The standard InChI is InChI=1S/C11H12F3N3O2/c12-11(13,14)8-3-6(5-1-2-5)15-9-4-7(10(18)19)16-17(8)9/h4-6,8,15H,1-3H2,(H,18,19)/p-1/t6-,8+/m1/s1. The molecule has 0 bridgehead atoms. The summed E-state index contributed by atoms with van der Waals surface area (Å²) in [5.74, 6) is -1.24. The topological polar surface area (TPSA) is 70.0 Å². The van der Waals surface area contributed by atoms with Gasteiger partial charge in [0.05, 0.1) is 5.97 Å². The third kappa shape index (κ3) is 2.15. The number of nitrogens with one attached hydrogen (secondary N) is 1. The van der Waals surface area contributed by atoms with Crippen molar-refractivity contribution in [2.75, 3.05) is 5.32 Å². The summed E-state index contributed by atoms with van der Waals surface area (Å²) in [5, 5.41) is 17.1. The maximum absolute atomic E-state index is 13.0. The molecule has 8 heteroatoms. The van der Waals surface area contributed by atoms with Crippen molar-refractivity contribution in [1.29, 1.82) is 0 Å². The number of carbonyl (C=O) groups excluding carboxylic acids is 1. The average molecular weight is 274 g/mol. The second-order valence-corrected chi connectivity index (χ2v) is 5.03. The van der Waals surface area contributed by atoms with Gasteiger partial charge in [0, 0.05) is 12.1 Å². The Bertz CT molecular complexity index is 522. The van der Waals surface area contributed by atoms with E-state index >= 15 is 0 Å². The number of aromatic carboxylic acids is 1. The maximum atomic E-state index is 13.0. The van der Waals surface area contributed by atoms with E-state index in [1.807, 2.05) is 0 Å². The van der Waals surface area contributed by atoms with Crippen LogP contribution >= 0.6 is 0 Å². The summed E-state index contributed by atoms with van der Waals surface area (Å²) < 4.78 is 39.8. The Morgan fingerprint density at radius 2 is 2.16 bits per heavy atom. The van der Waals surface area contributed by atoms with Crippen LogP contribution in [0.15, 0.2) is 6.07 Å². The SMILES string of the molecule is O=C([O-])c1cc2n(n1)[C@H](C(F)(F)F)C[C@H](C1CC1)N2. The molecule has 0 spiro atoms. The molecule has 0 saturated heterocycles. The minimum Gasteiger partial charge on any atom is -0.543 e. The molecule has 0 aromatic carbocycles. The van der Waals surface area contributed by atoms with Gasteiger partial charge in [-0.05, 0) is 25.2 Å². The van der Waals surface area contributed by atoms with E-state index in [9.17, 15) is 23.1 Å². The number of carbonyl (C=O) groups is 1. The largest absolute Gasteiger partial charge is 0.543 e. The summed E-state index contributed by atoms with van der Waals surface area (Å²) in [4.78, 5) is 10.7. The molecule has 2 heterocycles. The Morgan fingerprint density at radius 3 is 2.68 bits per heavy atom. The van der Waals surface area contributed by atoms with E-state index in [0.717, 1.165) is 18.9 Å². The van der Waals surface area contributed by atoms with E-state index in [0.29, 0.717) is 4.68 Å². The van der Waals surface area contributed by atoms with Crippen molar-refractivity contribution in [3.8, 4) is 0 Å². The highest BCUT2D eigenvalue weighted by Crippen LogP contribution is 2.45. The summed E-state index contributed by atoms with van der Waals surface area (Å²) in [6.45, 7) is 0. The van der Waals surface area contributed by atoms with Crippen LogP contribution in [-0.4, -0.2) is 28.0 Å². The molecule has 1 aromatic rings. The van der Waals surface area contributed by atoms with Crippen molar-refractivity contribution in [3.63, 3.8) is 0 Å². The van der Waals surface area contributed by atoms with E-state index < -0.39 is 23.9 Å². The zero-order valence-electron chi connectivity index (χ0n) is 9.78. The number of hydrogen-bond donors (Lipinski definition) is 1. The molecule has 104 valence electrons. The molecule has 1 aliphatic carbocycles. The fourth-order valence-electron chi connectivity index (χ4n) is 2.51. The molecule has 2 atom stereocenters. The third-order valence-electron chi connectivity index (χ3n) is 3.62. The zero-order chi connectivity index (χ0) is 13.8. The molecule has 1 N–H and O–H groups in total. The summed E-state index contributed by atoms with van der Waals surface area (Å²) >= 11 is 0. The first-order valence-corrected chi connectivity index (χ1v) is 6.00. The molecule has 0 unspecified atom stereocenters. The van der Waals surface area contributed by atoms with Gasteiger partial charge in [0.15, 0.2) is 6.04 Å². The van der Waals surface area contributed by atoms with Crippen LogP contribution in [-0.2, 0) is 0 Å². The molecule has 19 heavy (non-hydrogen) atoms. The van der Waals surface area contributed by atoms with Gasteiger partial charge in [0.1, 0.15) is 11.5 Å². The zero-order valence-corrected chi connectivity index (χ0v) is 9.78. The molecule has 1 aromatic heterocycles. The van der Waals surface area contributed by atoms with Crippen molar-refractivity contribution < 1.29 is 23.1 Å². The van der Waals surface area contributed by atoms with Crippen molar-refractivity contribution in [2.45, 2.75) is 37.5 Å². The van der Waals surface area contributed by atoms with Crippen molar-refractivity contribution in [1.82, 2.24) is 9.78 Å². The fourth-order valence-corrected chi connectivity index (χ4v) is 2.51. The highest BCUT2D eigenvalue weighted by Gasteiger charge is 2.48. The lowest BCUT2D eigenvalue weighted by Crippen LogP contribution is -2.40. The number of alkyl halides is 3. The van der Waals surface area contributed by atoms with Crippen LogP contribution in [0.5, 0.6) is 0 Å². The fraction of sp³-hybridized carbons (Fsp3) is 0.636. The number of rotatable bonds is 2. The Kier molecular flexibility index (Phi) is 2.51. The lowest BCUT2D eigenvalue weighted by atomic mass is 10.0. The number of carboxylic acids is 1. The van der Waals surface area contributed by atoms with Crippen molar-refractivity contribution >= 4 is 11.8 Å². The first-order chi connectivity index (χ1) is 8.86. The lowest BCUT2D eigenvalue weighted by molar-refractivity contribution is -0.255. The third-order valence-corrected chi connectivity index (χ3v) is 3.62. The number of fused-ring (bicyclic) bond motifs is 1. The van der Waals surface area contributed by atoms with Gasteiger partial charge < -0.3 is 15.2 Å². The maximum Gasteiger partial charge on any atom is 0.410 e. The number of nitrogens with zero attached hydrogens (tertiary/aromatic N) is 2. The van der Waals surface area contributed by atoms with Crippen LogP contribution in [0.25, 0.3) is 0 Å². The monoisotopic (exact) mass is 274 g/mol. The minimum atomic E-state index is -4.45. The van der Waals surface area contributed by atoms with Crippen LogP contribution in [0.4, 0.5) is 19.0 Å². The number of aromatic nitrogens is 2. The van der Waals surface area contributed by atoms with Crippen LogP contribution in [0.2, 0.25) is 0 Å². The van der Waals surface area contributed by atoms with Gasteiger partial charge in [0.25, 0.3) is 0 Å². The quantitative estimate of drug-likeness (QED) is 0.871. The normalized spacial score (nSPS) is 26.7. The van der Waals surface area contributed by atoms with Crippen LogP contribution in [0.1, 0.15) is 35.8 Å². The van der Waals surface area contributed by atoms with Gasteiger partial charge in [-0.2, -0.15) is 18.3 Å². The van der Waals surface area contributed by atoms with Gasteiger partial charge in [-0.1, -0.05) is 0 Å². The molecule has 1 saturated carbocycles. The van der Waals surface area contributed by atoms with Gasteiger partial charge in [-0.25, -0.2) is 4.68 Å². The Hall–Kier alpha value is -1.73. The number of carboxylic acid groups (broad SMARTS) is 1. The first kappa shape index (κ1) is 12.3. The first-order valence-electron chi connectivity index (χ1n) is 6.00. The highest BCUT2D eigenvalue weighted by molar-refractivity contribution is 5.84. The number of hydrogen-bond acceptors (Lipinski definition) is 4. The minimum absolute atomic E-state index is 0.102. The predicted octanol–water partition coefficient (Wildman–Crippen LogP) is 0.944. The Labute approximate surface area is 106 Å². The summed E-state index contributed by atoms with van der Waals surface area (Å²) in [6, 6.07) is -0.948. The molecule has 5 nitrogen and oxygen atoms in total. The van der Waals surface area contributed by atoms with Crippen molar-refractivity contribution in [2.24, 2.45) is 5.92 Å². The highest BCUT2D eigenvalue weighted by atomic mass is 19.4. The second kappa shape index (κ2) is 3.88. The van der Waals surface area contributed by atoms with Crippen LogP contribution < -0.4 is 10.4 Å². The molecular formula is C11H11F3N3O2-. The Balaban J connectivity index is 1.99. The Morgan fingerprint density at radius 1 is 1.47 bits per heavy atom. The summed E-state index contributed by atoms with van der Waals surface area (Å²) in [7, 11) is 0. The lowest BCUT2D eigenvalue weighted by Gasteiger charge is -2.33. The van der Waals surface area contributed by atoms with E-state index in [1.165, 1.54) is 0 Å². The van der Waals surface area contributed by atoms with E-state index in [4.69, 9.17) is 0 Å². The second-order valence-electron chi connectivity index (χ2n) is 5.03. The van der Waals surface area contributed by atoms with Gasteiger partial charge in [-0.3, -0.25) is 0 Å². The number of anilines is 1. The van der Waals surface area contributed by atoms with Gasteiger partial charge >= 0.3 is 6.18 Å². The van der Waals surface area contributed by atoms with Crippen molar-refractivity contribution in [3.05, 3.63) is 11.8 Å². The molecule has 1 aliphatic heterocycles. The summed E-state index contributed by atoms with van der Waals surface area (Å²) in [6.07, 6.45) is -2.75. The number of halogens is 3. The van der Waals surface area contributed by atoms with Crippen LogP contribution in [0, 0.1) is 5.92 Å². The molecule has 2 aliphatic rings. The molecule has 3 rings (SSSR count). The molecular weight excluding hydrogens is 263 g/mol. The van der Waals surface area contributed by atoms with Crippen LogP contribution in [0.3, 0.4) is 0 Å². The molecule has 0 radical (unpaired) electrons. The average Bonchev–Trinajstić information content (AvgIpc) is 3.05. The van der Waals surface area contributed by atoms with E-state index in [-0.39, 0.29) is 24.2 Å². The smallest absolute Gasteiger partial charge is 0.410 e.